The Morgan fingerprint density at radius 1 is 1.04 bits per heavy atom. The van der Waals surface area contributed by atoms with Gasteiger partial charge < -0.3 is 4.74 Å². The van der Waals surface area contributed by atoms with Crippen molar-refractivity contribution in [1.82, 2.24) is 14.2 Å². The van der Waals surface area contributed by atoms with Crippen molar-refractivity contribution in [2.24, 2.45) is 0 Å². The molecule has 7 heteroatoms. The minimum absolute atomic E-state index is 0.0599. The highest BCUT2D eigenvalue weighted by atomic mass is 32.2. The molecule has 2 heterocycles. The lowest BCUT2D eigenvalue weighted by Gasteiger charge is -2.33. The van der Waals surface area contributed by atoms with E-state index in [4.69, 9.17) is 4.74 Å². The third kappa shape index (κ3) is 4.60. The zero-order chi connectivity index (χ0) is 18.6. The van der Waals surface area contributed by atoms with Crippen molar-refractivity contribution in [2.45, 2.75) is 31.4 Å². The van der Waals surface area contributed by atoms with Crippen LogP contribution in [0.2, 0.25) is 0 Å². The van der Waals surface area contributed by atoms with Gasteiger partial charge in [-0.15, -0.1) is 0 Å². The number of ether oxygens (including phenoxy) is 1. The number of pyridine rings is 1. The van der Waals surface area contributed by atoms with Gasteiger partial charge >= 0.3 is 0 Å². The van der Waals surface area contributed by atoms with Gasteiger partial charge in [0.2, 0.25) is 10.0 Å². The number of aromatic nitrogens is 1. The lowest BCUT2D eigenvalue weighted by Crippen LogP contribution is -2.48. The van der Waals surface area contributed by atoms with Crippen molar-refractivity contribution in [2.75, 3.05) is 26.2 Å². The molecule has 1 saturated heterocycles. The van der Waals surface area contributed by atoms with Crippen molar-refractivity contribution in [3.05, 3.63) is 54.4 Å². The van der Waals surface area contributed by atoms with Crippen LogP contribution in [0.3, 0.4) is 0 Å². The predicted octanol–water partition coefficient (Wildman–Crippen LogP) is 2.38. The van der Waals surface area contributed by atoms with Gasteiger partial charge in [0, 0.05) is 38.9 Å². The maximum Gasteiger partial charge on any atom is 0.243 e. The van der Waals surface area contributed by atoms with Gasteiger partial charge in [0.05, 0.1) is 16.7 Å². The quantitative estimate of drug-likeness (QED) is 0.776. The van der Waals surface area contributed by atoms with Crippen molar-refractivity contribution >= 4 is 10.0 Å². The van der Waals surface area contributed by atoms with Gasteiger partial charge in [0.25, 0.3) is 0 Å². The first kappa shape index (κ1) is 18.8. The molecule has 6 nitrogen and oxygen atoms in total. The van der Waals surface area contributed by atoms with Gasteiger partial charge in [-0.05, 0) is 50.2 Å². The molecule has 0 spiro atoms. The van der Waals surface area contributed by atoms with Gasteiger partial charge in [-0.3, -0.25) is 9.88 Å². The molecule has 2 aromatic rings. The fraction of sp³-hybridized carbons (Fsp3) is 0.421. The predicted molar refractivity (Wildman–Crippen MR) is 100 cm³/mol. The first-order valence-corrected chi connectivity index (χ1v) is 10.3. The van der Waals surface area contributed by atoms with Crippen molar-refractivity contribution in [3.8, 4) is 5.75 Å². The smallest absolute Gasteiger partial charge is 0.243 e. The normalized spacial score (nSPS) is 16.7. The number of sulfonamides is 1. The molecule has 140 valence electrons. The van der Waals surface area contributed by atoms with E-state index < -0.39 is 10.0 Å². The van der Waals surface area contributed by atoms with Crippen LogP contribution in [-0.2, 0) is 16.6 Å². The third-order valence-electron chi connectivity index (χ3n) is 4.28. The maximum absolute atomic E-state index is 12.8. The zero-order valence-corrected chi connectivity index (χ0v) is 16.0. The zero-order valence-electron chi connectivity index (χ0n) is 15.2. The second kappa shape index (κ2) is 8.16. The Hall–Kier alpha value is -1.96. The van der Waals surface area contributed by atoms with E-state index in [0.717, 1.165) is 12.2 Å². The Balaban J connectivity index is 1.60. The van der Waals surface area contributed by atoms with Crippen LogP contribution in [0.4, 0.5) is 0 Å². The number of nitrogens with zero attached hydrogens (tertiary/aromatic N) is 3. The highest BCUT2D eigenvalue weighted by molar-refractivity contribution is 7.89. The highest BCUT2D eigenvalue weighted by Gasteiger charge is 2.28. The number of benzene rings is 1. The molecular formula is C19H25N3O3S. The molecule has 1 aromatic carbocycles. The summed E-state index contributed by atoms with van der Waals surface area (Å²) >= 11 is 0. The topological polar surface area (TPSA) is 62.7 Å². The average Bonchev–Trinajstić information content (AvgIpc) is 2.63. The van der Waals surface area contributed by atoms with Crippen LogP contribution in [0.15, 0.2) is 53.6 Å². The Morgan fingerprint density at radius 3 is 2.31 bits per heavy atom. The van der Waals surface area contributed by atoms with Crippen LogP contribution in [0.5, 0.6) is 5.75 Å². The van der Waals surface area contributed by atoms with E-state index in [1.165, 1.54) is 0 Å². The van der Waals surface area contributed by atoms with E-state index in [-0.39, 0.29) is 6.10 Å². The standard InChI is InChI=1S/C19H25N3O3S/c1-16(2)25-18-6-8-19(9-7-18)26(23,24)22-13-11-21(12-14-22)15-17-5-3-4-10-20-17/h3-10,16H,11-15H2,1-2H3. The molecule has 1 aliphatic heterocycles. The molecule has 1 fully saturated rings. The van der Waals surface area contributed by atoms with Gasteiger partial charge in [-0.1, -0.05) is 6.07 Å². The molecule has 0 unspecified atom stereocenters. The molecule has 26 heavy (non-hydrogen) atoms. The fourth-order valence-corrected chi connectivity index (χ4v) is 4.38. The second-order valence-electron chi connectivity index (χ2n) is 6.64. The monoisotopic (exact) mass is 375 g/mol. The van der Waals surface area contributed by atoms with E-state index in [0.29, 0.717) is 36.8 Å². The van der Waals surface area contributed by atoms with Crippen LogP contribution in [-0.4, -0.2) is 54.9 Å². The minimum Gasteiger partial charge on any atom is -0.491 e. The lowest BCUT2D eigenvalue weighted by molar-refractivity contribution is 0.180. The van der Waals surface area contributed by atoms with E-state index in [1.54, 1.807) is 34.8 Å². The van der Waals surface area contributed by atoms with Crippen molar-refractivity contribution in [3.63, 3.8) is 0 Å². The molecule has 1 aliphatic rings. The summed E-state index contributed by atoms with van der Waals surface area (Å²) in [6.45, 7) is 6.99. The molecule has 0 bridgehead atoms. The first-order valence-electron chi connectivity index (χ1n) is 8.84. The van der Waals surface area contributed by atoms with Gasteiger partial charge in [0.1, 0.15) is 5.75 Å². The molecule has 0 N–H and O–H groups in total. The number of rotatable bonds is 6. The summed E-state index contributed by atoms with van der Waals surface area (Å²) in [6, 6.07) is 12.5. The Kier molecular flexibility index (Phi) is 5.90. The summed E-state index contributed by atoms with van der Waals surface area (Å²) in [5.41, 5.74) is 1.00. The van der Waals surface area contributed by atoms with Crippen molar-refractivity contribution in [1.29, 1.82) is 0 Å². The summed E-state index contributed by atoms with van der Waals surface area (Å²) in [6.07, 6.45) is 1.84. The molecule has 0 aliphatic carbocycles. The fourth-order valence-electron chi connectivity index (χ4n) is 2.96. The molecule has 0 saturated carbocycles. The molecular weight excluding hydrogens is 350 g/mol. The summed E-state index contributed by atoms with van der Waals surface area (Å²) in [5, 5.41) is 0. The van der Waals surface area contributed by atoms with E-state index >= 15 is 0 Å². The summed E-state index contributed by atoms with van der Waals surface area (Å²) < 4.78 is 32.8. The maximum atomic E-state index is 12.8. The van der Waals surface area contributed by atoms with Gasteiger partial charge in [0.15, 0.2) is 0 Å². The van der Waals surface area contributed by atoms with Crippen LogP contribution in [0.1, 0.15) is 19.5 Å². The lowest BCUT2D eigenvalue weighted by atomic mass is 10.3. The Labute approximate surface area is 155 Å². The van der Waals surface area contributed by atoms with Crippen LogP contribution in [0, 0.1) is 0 Å². The first-order chi connectivity index (χ1) is 12.4. The van der Waals surface area contributed by atoms with Gasteiger partial charge in [-0.25, -0.2) is 8.42 Å². The SMILES string of the molecule is CC(C)Oc1ccc(S(=O)(=O)N2CCN(Cc3ccccn3)CC2)cc1. The summed E-state index contributed by atoms with van der Waals surface area (Å²) in [5.74, 6) is 0.680. The molecule has 0 atom stereocenters. The highest BCUT2D eigenvalue weighted by Crippen LogP contribution is 2.21. The van der Waals surface area contributed by atoms with Crippen LogP contribution >= 0.6 is 0 Å². The Morgan fingerprint density at radius 2 is 1.73 bits per heavy atom. The van der Waals surface area contributed by atoms with E-state index in [9.17, 15) is 8.42 Å². The number of hydrogen-bond donors (Lipinski definition) is 0. The Bertz CT molecular complexity index is 800. The second-order valence-corrected chi connectivity index (χ2v) is 8.58. The van der Waals surface area contributed by atoms with Gasteiger partial charge in [-0.2, -0.15) is 4.31 Å². The van der Waals surface area contributed by atoms with E-state index in [2.05, 4.69) is 9.88 Å². The summed E-state index contributed by atoms with van der Waals surface area (Å²) in [4.78, 5) is 6.87. The minimum atomic E-state index is -3.47. The molecule has 0 radical (unpaired) electrons. The largest absolute Gasteiger partial charge is 0.491 e. The summed E-state index contributed by atoms with van der Waals surface area (Å²) in [7, 11) is -3.47. The third-order valence-corrected chi connectivity index (χ3v) is 6.19. The van der Waals surface area contributed by atoms with E-state index in [1.807, 2.05) is 32.0 Å². The molecule has 3 rings (SSSR count). The average molecular weight is 375 g/mol. The number of piperazine rings is 1. The van der Waals surface area contributed by atoms with Crippen LogP contribution in [0.25, 0.3) is 0 Å². The van der Waals surface area contributed by atoms with Crippen LogP contribution < -0.4 is 4.74 Å². The molecule has 0 amide bonds. The molecule has 1 aromatic heterocycles. The van der Waals surface area contributed by atoms with Crippen molar-refractivity contribution < 1.29 is 13.2 Å². The number of hydrogen-bond acceptors (Lipinski definition) is 5.